The third-order valence-electron chi connectivity index (χ3n) is 5.63. The van der Waals surface area contributed by atoms with Gasteiger partial charge in [-0.25, -0.2) is 15.0 Å². The molecule has 0 unspecified atom stereocenters. The first-order valence-corrected chi connectivity index (χ1v) is 14.9. The summed E-state index contributed by atoms with van der Waals surface area (Å²) in [6.45, 7) is 12.9. The normalized spacial score (nSPS) is 22.4. The first-order chi connectivity index (χ1) is 19.0. The van der Waals surface area contributed by atoms with Crippen LogP contribution in [0.5, 0.6) is 0 Å². The molecule has 0 aliphatic carbocycles. The zero-order valence-corrected chi connectivity index (χ0v) is 25.9. The third-order valence-corrected chi connectivity index (χ3v) is 7.60. The number of nitrogens with one attached hydrogen (secondary N) is 2. The Morgan fingerprint density at radius 3 is 2.02 bits per heavy atom. The van der Waals surface area contributed by atoms with Gasteiger partial charge >= 0.3 is 31.2 Å². The Labute approximate surface area is 243 Å². The van der Waals surface area contributed by atoms with Crippen molar-refractivity contribution in [3.8, 4) is 0 Å². The number of esters is 2. The fourth-order valence-corrected chi connectivity index (χ4v) is 5.25. The van der Waals surface area contributed by atoms with Crippen LogP contribution in [0.25, 0.3) is 0 Å². The summed E-state index contributed by atoms with van der Waals surface area (Å²) < 4.78 is 65.4. The van der Waals surface area contributed by atoms with E-state index < -0.39 is 68.3 Å². The van der Waals surface area contributed by atoms with Crippen LogP contribution in [-0.2, 0) is 32.9 Å². The quantitative estimate of drug-likeness (QED) is 0.195. The number of hydrogen-bond acceptors (Lipinski definition) is 11. The topological polar surface area (TPSA) is 193 Å². The molecule has 1 aromatic heterocycles. The van der Waals surface area contributed by atoms with Crippen molar-refractivity contribution in [2.75, 3.05) is 25.6 Å². The molecule has 2 heterocycles. The molecule has 1 aliphatic heterocycles. The molecule has 0 aromatic carbocycles. The number of anilines is 1. The van der Waals surface area contributed by atoms with E-state index >= 15 is 0 Å². The maximum Gasteiger partial charge on any atom is 0.351 e. The Morgan fingerprint density at radius 2 is 1.60 bits per heavy atom. The first-order valence-electron chi connectivity index (χ1n) is 13.2. The lowest BCUT2D eigenvalue weighted by atomic mass is 9.99. The highest BCUT2D eigenvalue weighted by Crippen LogP contribution is 2.45. The molecule has 2 rings (SSSR count). The number of carbonyl (C=O) groups is 2. The highest BCUT2D eigenvalue weighted by molar-refractivity contribution is 7.54. The van der Waals surface area contributed by atoms with E-state index in [-0.39, 0.29) is 29.9 Å². The zero-order chi connectivity index (χ0) is 32.3. The van der Waals surface area contributed by atoms with Gasteiger partial charge in [0.1, 0.15) is 24.0 Å². The van der Waals surface area contributed by atoms with Crippen LogP contribution < -0.4 is 21.6 Å². The second kappa shape index (κ2) is 13.4. The summed E-state index contributed by atoms with van der Waals surface area (Å²) in [6, 6.07) is -1.39. The van der Waals surface area contributed by atoms with E-state index in [2.05, 4.69) is 15.2 Å². The van der Waals surface area contributed by atoms with E-state index in [9.17, 15) is 32.8 Å². The van der Waals surface area contributed by atoms with E-state index in [1.54, 1.807) is 0 Å². The van der Waals surface area contributed by atoms with Gasteiger partial charge in [0.25, 0.3) is 0 Å². The van der Waals surface area contributed by atoms with Crippen LogP contribution >= 0.6 is 7.67 Å². The second-order valence-corrected chi connectivity index (χ2v) is 14.5. The van der Waals surface area contributed by atoms with Gasteiger partial charge in [-0.2, -0.15) is 13.8 Å². The molecule has 1 aromatic rings. The number of ether oxygens (including phenoxy) is 3. The van der Waals surface area contributed by atoms with Gasteiger partial charge in [0, 0.05) is 6.20 Å². The van der Waals surface area contributed by atoms with Gasteiger partial charge in [-0.1, -0.05) is 41.5 Å². The first kappa shape index (κ1) is 35.7. The average Bonchev–Trinajstić information content (AvgIpc) is 3.07. The number of halogens is 2. The molecule has 42 heavy (non-hydrogen) atoms. The molecular weight excluding hydrogens is 583 g/mol. The van der Waals surface area contributed by atoms with Crippen molar-refractivity contribution in [1.29, 1.82) is 0 Å². The van der Waals surface area contributed by atoms with E-state index in [0.717, 1.165) is 12.3 Å². The maximum absolute atomic E-state index is 15.0. The fourth-order valence-electron chi connectivity index (χ4n) is 3.44. The lowest BCUT2D eigenvalue weighted by molar-refractivity contribution is -0.148. The molecule has 0 radical (unpaired) electrons. The minimum atomic E-state index is -4.43. The predicted molar refractivity (Wildman–Crippen MR) is 147 cm³/mol. The molecule has 1 saturated heterocycles. The van der Waals surface area contributed by atoms with Crippen molar-refractivity contribution < 1.29 is 46.8 Å². The van der Waals surface area contributed by atoms with Gasteiger partial charge in [-0.3, -0.25) is 18.7 Å². The summed E-state index contributed by atoms with van der Waals surface area (Å²) >= 11 is 0. The third kappa shape index (κ3) is 10.1. The number of nitrogens with zero attached hydrogens (tertiary/aromatic N) is 2. The number of aliphatic hydroxyl groups excluding tert-OH is 1. The summed E-state index contributed by atoms with van der Waals surface area (Å²) in [6.07, 6.45) is -5.63. The van der Waals surface area contributed by atoms with E-state index in [0.29, 0.717) is 4.57 Å². The lowest BCUT2D eigenvalue weighted by Crippen LogP contribution is -2.44. The van der Waals surface area contributed by atoms with Crippen LogP contribution in [0, 0.1) is 10.8 Å². The van der Waals surface area contributed by atoms with E-state index in [4.69, 9.17) is 24.5 Å². The van der Waals surface area contributed by atoms with Gasteiger partial charge in [-0.05, 0) is 30.7 Å². The number of nitrogens with two attached hydrogens (primary N) is 1. The van der Waals surface area contributed by atoms with Crippen LogP contribution in [0.1, 0.15) is 61.6 Å². The maximum atomic E-state index is 15.0. The molecule has 5 atom stereocenters. The van der Waals surface area contributed by atoms with Gasteiger partial charge in [-0.15, -0.1) is 0 Å². The Morgan fingerprint density at radius 1 is 1.12 bits per heavy atom. The molecule has 17 heteroatoms. The van der Waals surface area contributed by atoms with Gasteiger partial charge < -0.3 is 29.6 Å². The predicted octanol–water partition coefficient (Wildman–Crippen LogP) is 1.98. The van der Waals surface area contributed by atoms with Crippen LogP contribution in [0.15, 0.2) is 17.1 Å². The Hall–Kier alpha value is -2.49. The summed E-state index contributed by atoms with van der Waals surface area (Å²) in [5.41, 5.74) is 3.54. The van der Waals surface area contributed by atoms with E-state index in [1.165, 1.54) is 13.8 Å². The summed E-state index contributed by atoms with van der Waals surface area (Å²) in [4.78, 5) is 40.6. The van der Waals surface area contributed by atoms with Crippen molar-refractivity contribution >= 4 is 25.4 Å². The van der Waals surface area contributed by atoms with Crippen molar-refractivity contribution in [3.05, 3.63) is 22.7 Å². The molecule has 14 nitrogen and oxygen atoms in total. The summed E-state index contributed by atoms with van der Waals surface area (Å²) in [5.74, 6) is -5.79. The van der Waals surface area contributed by atoms with Gasteiger partial charge in [0.15, 0.2) is 6.10 Å². The number of aliphatic hydroxyl groups is 1. The van der Waals surface area contributed by atoms with Crippen molar-refractivity contribution in [1.82, 2.24) is 19.7 Å². The number of nitrogen functional groups attached to an aromatic ring is 1. The Bertz CT molecular complexity index is 1180. The Kier molecular flexibility index (Phi) is 11.4. The van der Waals surface area contributed by atoms with Crippen molar-refractivity contribution in [2.45, 2.75) is 91.8 Å². The summed E-state index contributed by atoms with van der Waals surface area (Å²) in [5, 5.41) is 15.2. The molecule has 5 N–H and O–H groups in total. The molecule has 0 bridgehead atoms. The summed E-state index contributed by atoms with van der Waals surface area (Å²) in [7, 11) is -4.43. The molecule has 1 fully saturated rings. The van der Waals surface area contributed by atoms with Gasteiger partial charge in [0.2, 0.25) is 6.23 Å². The number of aromatic nitrogens is 2. The number of carbonyl (C=O) groups excluding carboxylic acids is 2. The van der Waals surface area contributed by atoms with Gasteiger partial charge in [0.05, 0.1) is 19.8 Å². The average molecular weight is 626 g/mol. The minimum Gasteiger partial charge on any atom is -0.464 e. The minimum absolute atomic E-state index is 0.0455. The fraction of sp³-hybridized carbons (Fsp3) is 0.760. The van der Waals surface area contributed by atoms with Crippen LogP contribution in [0.4, 0.5) is 14.6 Å². The highest BCUT2D eigenvalue weighted by atomic mass is 31.2. The number of hydrogen-bond donors (Lipinski definition) is 4. The van der Waals surface area contributed by atoms with Crippen molar-refractivity contribution in [3.63, 3.8) is 0 Å². The number of alkyl halides is 2. The largest absolute Gasteiger partial charge is 0.464 e. The number of rotatable bonds is 12. The monoisotopic (exact) mass is 625 g/mol. The zero-order valence-electron chi connectivity index (χ0n) is 25.1. The van der Waals surface area contributed by atoms with Crippen molar-refractivity contribution in [2.24, 2.45) is 10.8 Å². The highest BCUT2D eigenvalue weighted by Gasteiger charge is 2.60. The molecular formula is C25H42F2N5O9P. The van der Waals surface area contributed by atoms with Crippen LogP contribution in [0.3, 0.4) is 0 Å². The second-order valence-electron chi connectivity index (χ2n) is 12.6. The Balaban J connectivity index is 2.24. The smallest absolute Gasteiger partial charge is 0.351 e. The van der Waals surface area contributed by atoms with Crippen LogP contribution in [0.2, 0.25) is 0 Å². The molecule has 0 saturated carbocycles. The molecule has 1 aliphatic rings. The lowest BCUT2D eigenvalue weighted by Gasteiger charge is -2.28. The molecule has 240 valence electrons. The standard InChI is InChI=1S/C25H42F2N5O9P/c1-14(19(34)38-12-23(3,4)5)30-42(37,31-15(2)20(35)39-13-24(6,7)8)40-11-16-18(33)25(26,27)21(41-16)32-10-9-17(28)29-22(32)36/h9-10,14-16,18,21,33H,11-13H2,1-8H3,(H2,28,29,36)(H2,30,31,37)/t14-,15-,16+,18+,21+/m0/s1. The molecule has 0 amide bonds. The SMILES string of the molecule is C[C@H](NP(=O)(N[C@@H](C)C(=O)OCC(C)(C)C)OC[C@H]1O[C@@H](n2ccc(N)nc2=O)C(F)(F)[C@@H]1O)C(=O)OCC(C)(C)C. The van der Waals surface area contributed by atoms with Crippen LogP contribution in [-0.4, -0.2) is 76.6 Å². The van der Waals surface area contributed by atoms with E-state index in [1.807, 2.05) is 41.5 Å². The molecule has 0 spiro atoms.